The maximum atomic E-state index is 11.9. The van der Waals surface area contributed by atoms with Crippen LogP contribution in [0.5, 0.6) is 0 Å². The number of carbonyl (C=O) groups excluding carboxylic acids is 2. The summed E-state index contributed by atoms with van der Waals surface area (Å²) in [5, 5.41) is 42.2. The largest absolute Gasteiger partial charge is 0.469 e. The minimum absolute atomic E-state index is 0.243. The SMILES string of the molecule is NC(=O)c1ncn([C@@H]2O[C@H](COP(=O)(O)O)[C@@H](O)[C@H]2O)c1NC=NCC(=O)[C@@H](O)[C@@H](O)COP(=O)(O)O. The summed E-state index contributed by atoms with van der Waals surface area (Å²) in [6, 6.07) is 0. The van der Waals surface area contributed by atoms with Gasteiger partial charge >= 0.3 is 15.6 Å². The number of aliphatic hydroxyl groups is 4. The molecule has 37 heavy (non-hydrogen) atoms. The number of nitrogens with two attached hydrogens (primary N) is 1. The second-order valence-electron chi connectivity index (χ2n) is 7.42. The van der Waals surface area contributed by atoms with Crippen LogP contribution in [0.2, 0.25) is 0 Å². The number of ether oxygens (including phenoxy) is 1. The van der Waals surface area contributed by atoms with Crippen molar-refractivity contribution in [2.24, 2.45) is 10.7 Å². The van der Waals surface area contributed by atoms with Crippen LogP contribution in [0.25, 0.3) is 0 Å². The number of nitrogens with zero attached hydrogens (tertiary/aromatic N) is 3. The Bertz CT molecular complexity index is 1090. The van der Waals surface area contributed by atoms with E-state index in [4.69, 9.17) is 30.0 Å². The number of nitrogens with one attached hydrogen (secondary N) is 1. The zero-order valence-corrected chi connectivity index (χ0v) is 20.3. The molecule has 11 N–H and O–H groups in total. The standard InChI is InChI=1S/C15H25N5O15P2/c16-13(26)9-14(18-4-17-1-6(21)10(23)7(22)2-33-36(27,28)29)20(5-19-9)15-12(25)11(24)8(35-15)3-34-37(30,31)32/h4-5,7-8,10-12,15,22-25H,1-3H2,(H2,16,26)(H,17,18)(H2,27,28,29)(H2,30,31,32)/t7-,8+,10+,11+,12+,15+/m0/s1. The van der Waals surface area contributed by atoms with Gasteiger partial charge in [0.05, 0.1) is 25.9 Å². The molecule has 2 heterocycles. The van der Waals surface area contributed by atoms with E-state index >= 15 is 0 Å². The van der Waals surface area contributed by atoms with Crippen molar-refractivity contribution in [1.29, 1.82) is 0 Å². The molecule has 1 aromatic heterocycles. The van der Waals surface area contributed by atoms with Crippen molar-refractivity contribution in [3.63, 3.8) is 0 Å². The molecule has 0 unspecified atom stereocenters. The molecule has 22 heteroatoms. The van der Waals surface area contributed by atoms with Gasteiger partial charge < -0.3 is 55.8 Å². The van der Waals surface area contributed by atoms with Crippen LogP contribution in [0.4, 0.5) is 5.82 Å². The van der Waals surface area contributed by atoms with Gasteiger partial charge in [-0.25, -0.2) is 14.1 Å². The van der Waals surface area contributed by atoms with E-state index in [1.807, 2.05) is 0 Å². The van der Waals surface area contributed by atoms with Crippen molar-refractivity contribution in [3.05, 3.63) is 12.0 Å². The Labute approximate surface area is 206 Å². The van der Waals surface area contributed by atoms with Crippen LogP contribution >= 0.6 is 15.6 Å². The number of hydrogen-bond donors (Lipinski definition) is 10. The fourth-order valence-electron chi connectivity index (χ4n) is 2.96. The van der Waals surface area contributed by atoms with Gasteiger partial charge in [0.2, 0.25) is 0 Å². The highest BCUT2D eigenvalue weighted by molar-refractivity contribution is 7.46. The predicted octanol–water partition coefficient (Wildman–Crippen LogP) is -4.45. The molecule has 2 rings (SSSR count). The number of Topliss-reactive ketones (excluding diaryl/α,β-unsaturated/α-hetero) is 1. The first-order valence-corrected chi connectivity index (χ1v) is 13.0. The van der Waals surface area contributed by atoms with Crippen molar-refractivity contribution in [2.75, 3.05) is 25.1 Å². The molecule has 20 nitrogen and oxygen atoms in total. The molecule has 1 amide bonds. The zero-order valence-electron chi connectivity index (χ0n) is 18.5. The van der Waals surface area contributed by atoms with Crippen LogP contribution < -0.4 is 11.1 Å². The molecule has 6 atom stereocenters. The molecule has 1 aromatic rings. The van der Waals surface area contributed by atoms with E-state index in [1.165, 1.54) is 0 Å². The Kier molecular flexibility index (Phi) is 10.6. The Morgan fingerprint density at radius 2 is 1.81 bits per heavy atom. The molecule has 210 valence electrons. The Morgan fingerprint density at radius 1 is 1.19 bits per heavy atom. The van der Waals surface area contributed by atoms with Crippen LogP contribution in [-0.4, -0.2) is 118 Å². The third-order valence-corrected chi connectivity index (χ3v) is 5.66. The van der Waals surface area contributed by atoms with E-state index in [0.29, 0.717) is 0 Å². The molecule has 0 aromatic carbocycles. The Balaban J connectivity index is 2.09. The summed E-state index contributed by atoms with van der Waals surface area (Å²) < 4.78 is 36.2. The molecule has 1 aliphatic heterocycles. The molecule has 0 spiro atoms. The molecule has 0 saturated carbocycles. The van der Waals surface area contributed by atoms with E-state index in [2.05, 4.69) is 24.3 Å². The van der Waals surface area contributed by atoms with Gasteiger partial charge in [-0.3, -0.25) is 28.2 Å². The minimum atomic E-state index is -4.95. The number of aliphatic imine (C=N–C) groups is 1. The van der Waals surface area contributed by atoms with Crippen LogP contribution in [0.1, 0.15) is 16.7 Å². The van der Waals surface area contributed by atoms with Gasteiger partial charge in [0.1, 0.15) is 42.9 Å². The van der Waals surface area contributed by atoms with Crippen LogP contribution in [-0.2, 0) is 27.7 Å². The summed E-state index contributed by atoms with van der Waals surface area (Å²) in [7, 11) is -9.86. The van der Waals surface area contributed by atoms with Gasteiger partial charge in [-0.1, -0.05) is 0 Å². The average molecular weight is 577 g/mol. The molecule has 0 radical (unpaired) electrons. The monoisotopic (exact) mass is 577 g/mol. The van der Waals surface area contributed by atoms with Crippen LogP contribution in [0.15, 0.2) is 11.3 Å². The number of phosphoric ester groups is 2. The summed E-state index contributed by atoms with van der Waals surface area (Å²) in [5.74, 6) is -2.37. The van der Waals surface area contributed by atoms with E-state index in [9.17, 15) is 39.1 Å². The molecule has 0 bridgehead atoms. The van der Waals surface area contributed by atoms with Crippen molar-refractivity contribution < 1.29 is 72.5 Å². The smallest absolute Gasteiger partial charge is 0.388 e. The van der Waals surface area contributed by atoms with Crippen molar-refractivity contribution >= 4 is 39.5 Å². The third kappa shape index (κ3) is 8.97. The molecule has 0 aliphatic carbocycles. The number of hydrogen-bond acceptors (Lipinski definition) is 13. The minimum Gasteiger partial charge on any atom is -0.388 e. The van der Waals surface area contributed by atoms with E-state index in [0.717, 1.165) is 17.2 Å². The number of imidazole rings is 1. The molecule has 1 saturated heterocycles. The van der Waals surface area contributed by atoms with Crippen molar-refractivity contribution in [2.45, 2.75) is 36.7 Å². The topological polar surface area (TPSA) is 326 Å². The highest BCUT2D eigenvalue weighted by atomic mass is 31.2. The first-order valence-electron chi connectivity index (χ1n) is 9.94. The lowest BCUT2D eigenvalue weighted by Gasteiger charge is -2.19. The molecular formula is C15H25N5O15P2. The van der Waals surface area contributed by atoms with Crippen LogP contribution in [0, 0.1) is 0 Å². The summed E-state index contributed by atoms with van der Waals surface area (Å²) >= 11 is 0. The third-order valence-electron chi connectivity index (χ3n) is 4.69. The maximum absolute atomic E-state index is 11.9. The summed E-state index contributed by atoms with van der Waals surface area (Å²) in [4.78, 5) is 65.8. The predicted molar refractivity (Wildman–Crippen MR) is 117 cm³/mol. The number of primary amides is 1. The normalized spacial score (nSPS) is 24.3. The summed E-state index contributed by atoms with van der Waals surface area (Å²) in [6.07, 6.45) is -8.46. The Morgan fingerprint density at radius 3 is 2.38 bits per heavy atom. The number of anilines is 1. The van der Waals surface area contributed by atoms with Crippen molar-refractivity contribution in [1.82, 2.24) is 9.55 Å². The van der Waals surface area contributed by atoms with Gasteiger partial charge in [0, 0.05) is 0 Å². The zero-order chi connectivity index (χ0) is 28.1. The molecule has 1 fully saturated rings. The number of aromatic nitrogens is 2. The first kappa shape index (κ1) is 31.1. The molecular weight excluding hydrogens is 552 g/mol. The number of phosphoric acid groups is 2. The van der Waals surface area contributed by atoms with Gasteiger partial charge in [0.25, 0.3) is 5.91 Å². The summed E-state index contributed by atoms with van der Waals surface area (Å²) in [5.41, 5.74) is 4.85. The number of rotatable bonds is 14. The molecule has 1 aliphatic rings. The highest BCUT2D eigenvalue weighted by Crippen LogP contribution is 2.39. The van der Waals surface area contributed by atoms with Crippen molar-refractivity contribution in [3.8, 4) is 0 Å². The maximum Gasteiger partial charge on any atom is 0.469 e. The van der Waals surface area contributed by atoms with Gasteiger partial charge in [0.15, 0.2) is 17.7 Å². The number of aliphatic hydroxyl groups excluding tert-OH is 4. The van der Waals surface area contributed by atoms with E-state index in [-0.39, 0.29) is 5.82 Å². The van der Waals surface area contributed by atoms with E-state index < -0.39 is 89.5 Å². The lowest BCUT2D eigenvalue weighted by atomic mass is 10.1. The second-order valence-corrected chi connectivity index (χ2v) is 9.90. The highest BCUT2D eigenvalue weighted by Gasteiger charge is 2.45. The lowest BCUT2D eigenvalue weighted by Crippen LogP contribution is -2.38. The van der Waals surface area contributed by atoms with Gasteiger partial charge in [-0.15, -0.1) is 0 Å². The first-order chi connectivity index (χ1) is 17.0. The second kappa shape index (κ2) is 12.6. The fourth-order valence-corrected chi connectivity index (χ4v) is 3.65. The lowest BCUT2D eigenvalue weighted by molar-refractivity contribution is -0.132. The average Bonchev–Trinajstić information content (AvgIpc) is 3.33. The fraction of sp³-hybridized carbons (Fsp3) is 0.600. The number of carbonyl (C=O) groups is 2. The number of ketones is 1. The van der Waals surface area contributed by atoms with Gasteiger partial charge in [-0.05, 0) is 0 Å². The quantitative estimate of drug-likeness (QED) is 0.0566. The Hall–Kier alpha value is -2.16. The van der Waals surface area contributed by atoms with Gasteiger partial charge in [-0.2, -0.15) is 0 Å². The van der Waals surface area contributed by atoms with Crippen LogP contribution in [0.3, 0.4) is 0 Å². The van der Waals surface area contributed by atoms with E-state index in [1.54, 1.807) is 0 Å². The number of amides is 1. The summed E-state index contributed by atoms with van der Waals surface area (Å²) in [6.45, 7) is -2.60.